The van der Waals surface area contributed by atoms with Gasteiger partial charge in [-0.1, -0.05) is 0 Å². The number of carboxylic acids is 3. The van der Waals surface area contributed by atoms with Gasteiger partial charge in [0.25, 0.3) is 0 Å². The summed E-state index contributed by atoms with van der Waals surface area (Å²) in [5.41, 5.74) is 0. The van der Waals surface area contributed by atoms with Gasteiger partial charge in [0.15, 0.2) is 0 Å². The van der Waals surface area contributed by atoms with Crippen molar-refractivity contribution in [3.05, 3.63) is 0 Å². The molecule has 0 aliphatic heterocycles. The Bertz CT molecular complexity index is 205. The molecule has 0 aromatic rings. The molecule has 0 spiro atoms. The predicted octanol–water partition coefficient (Wildman–Crippen LogP) is -6.42. The molecule has 0 aliphatic carbocycles. The second-order valence-corrected chi connectivity index (χ2v) is 2.02. The van der Waals surface area contributed by atoms with Gasteiger partial charge in [-0.2, -0.15) is 0 Å². The summed E-state index contributed by atoms with van der Waals surface area (Å²) in [6, 6.07) is 0. The second-order valence-electron chi connectivity index (χ2n) is 2.02. The van der Waals surface area contributed by atoms with E-state index < -0.39 is 30.1 Å². The van der Waals surface area contributed by atoms with Crippen LogP contribution in [-0.4, -0.2) is 57.7 Å². The van der Waals surface area contributed by atoms with Crippen molar-refractivity contribution in [2.45, 2.75) is 19.1 Å². The maximum Gasteiger partial charge on any atom is 3.00 e. The second kappa shape index (κ2) is 9.42. The van der Waals surface area contributed by atoms with E-state index in [2.05, 4.69) is 0 Å². The Morgan fingerprint density at radius 3 is 1.13 bits per heavy atom. The van der Waals surface area contributed by atoms with Gasteiger partial charge in [0.1, 0.15) is 12.2 Å². The fraction of sp³-hybridized carbons (Fsp3) is 0.500. The summed E-state index contributed by atoms with van der Waals surface area (Å²) < 4.78 is 0. The molecule has 9 heteroatoms. The van der Waals surface area contributed by atoms with Crippen molar-refractivity contribution in [3.8, 4) is 0 Å². The maximum absolute atomic E-state index is 9.63. The van der Waals surface area contributed by atoms with E-state index in [0.717, 1.165) is 6.92 Å². The molecule has 0 aliphatic rings. The Hall–Kier alpha value is -1.14. The molecule has 0 aromatic heterocycles. The summed E-state index contributed by atoms with van der Waals surface area (Å²) >= 11 is 0. The molecule has 0 saturated heterocycles. The Morgan fingerprint density at radius 2 is 1.07 bits per heavy atom. The summed E-state index contributed by atoms with van der Waals surface area (Å²) in [4.78, 5) is 28.2. The van der Waals surface area contributed by atoms with Gasteiger partial charge in [0.2, 0.25) is 0 Å². The van der Waals surface area contributed by atoms with Crippen molar-refractivity contribution in [3.63, 3.8) is 0 Å². The Balaban J connectivity index is -0.000000249. The molecule has 2 unspecified atom stereocenters. The number of carbonyl (C=O) groups is 3. The van der Waals surface area contributed by atoms with Crippen LogP contribution in [0.15, 0.2) is 0 Å². The maximum atomic E-state index is 9.63. The first-order chi connectivity index (χ1) is 6.20. The van der Waals surface area contributed by atoms with Crippen LogP contribution in [0.2, 0.25) is 0 Å². The van der Waals surface area contributed by atoms with E-state index in [-0.39, 0.29) is 17.4 Å². The molecule has 82 valence electrons. The Labute approximate surface area is 94.9 Å². The number of carboxylic acid groups (broad SMARTS) is 3. The van der Waals surface area contributed by atoms with Crippen molar-refractivity contribution in [1.29, 1.82) is 0 Å². The Kier molecular flexibility index (Phi) is 12.2. The monoisotopic (exact) mass is 234 g/mol. The van der Waals surface area contributed by atoms with E-state index in [4.69, 9.17) is 20.1 Å². The minimum atomic E-state index is -2.44. The van der Waals surface area contributed by atoms with E-state index >= 15 is 0 Å². The molecular formula is C6H7AlO8. The van der Waals surface area contributed by atoms with Gasteiger partial charge in [-0.3, -0.25) is 0 Å². The van der Waals surface area contributed by atoms with Crippen molar-refractivity contribution >= 4 is 35.3 Å². The largest absolute Gasteiger partial charge is 3.00 e. The number of hydrogen-bond acceptors (Lipinski definition) is 8. The molecule has 0 fully saturated rings. The molecule has 2 N–H and O–H groups in total. The molecule has 0 heterocycles. The first-order valence-corrected chi connectivity index (χ1v) is 3.15. The molecular weight excluding hydrogens is 227 g/mol. The zero-order chi connectivity index (χ0) is 11.9. The zero-order valence-electron chi connectivity index (χ0n) is 7.58. The van der Waals surface area contributed by atoms with Crippen molar-refractivity contribution in [1.82, 2.24) is 0 Å². The molecule has 0 amide bonds. The van der Waals surface area contributed by atoms with Crippen molar-refractivity contribution in [2.75, 3.05) is 0 Å². The van der Waals surface area contributed by atoms with E-state index in [0.29, 0.717) is 0 Å². The molecule has 0 bridgehead atoms. The fourth-order valence-electron chi connectivity index (χ4n) is 0.258. The van der Waals surface area contributed by atoms with Crippen LogP contribution in [0.1, 0.15) is 6.92 Å². The normalized spacial score (nSPS) is 12.2. The van der Waals surface area contributed by atoms with Gasteiger partial charge >= 0.3 is 17.4 Å². The zero-order valence-corrected chi connectivity index (χ0v) is 8.73. The molecule has 15 heavy (non-hydrogen) atoms. The summed E-state index contributed by atoms with van der Waals surface area (Å²) in [6.07, 6.45) is -4.88. The van der Waals surface area contributed by atoms with Gasteiger partial charge in [-0.05, 0) is 6.92 Å². The fourth-order valence-corrected chi connectivity index (χ4v) is 0.258. The number of rotatable bonds is 3. The SMILES string of the molecule is CC(=O)[O-].O=C([O-])C(O)C(O)C(=O)[O-].[Al+3]. The Morgan fingerprint density at radius 1 is 0.933 bits per heavy atom. The predicted molar refractivity (Wildman–Crippen MR) is 38.5 cm³/mol. The van der Waals surface area contributed by atoms with Crippen LogP contribution in [0.5, 0.6) is 0 Å². The van der Waals surface area contributed by atoms with Crippen LogP contribution >= 0.6 is 0 Å². The smallest absolute Gasteiger partial charge is 0.550 e. The third kappa shape index (κ3) is 12.9. The third-order valence-corrected chi connectivity index (χ3v) is 0.782. The van der Waals surface area contributed by atoms with Gasteiger partial charge in [-0.25, -0.2) is 0 Å². The van der Waals surface area contributed by atoms with Gasteiger partial charge in [-0.15, -0.1) is 0 Å². The van der Waals surface area contributed by atoms with Gasteiger partial charge < -0.3 is 39.9 Å². The standard InChI is InChI=1S/C4H6O6.C2H4O2.Al/c5-1(3(7)8)2(6)4(9)10;1-2(3)4;/h1-2,5-6H,(H,7,8)(H,9,10);1H3,(H,3,4);/q;;+3/p-3. The van der Waals surface area contributed by atoms with Crippen LogP contribution in [0.25, 0.3) is 0 Å². The van der Waals surface area contributed by atoms with Crippen molar-refractivity contribution in [2.24, 2.45) is 0 Å². The first kappa shape index (κ1) is 19.4. The van der Waals surface area contributed by atoms with E-state index in [1.54, 1.807) is 0 Å². The number of carbonyl (C=O) groups excluding carboxylic acids is 3. The minimum absolute atomic E-state index is 0. The summed E-state index contributed by atoms with van der Waals surface area (Å²) in [6.45, 7) is 0.972. The van der Waals surface area contributed by atoms with E-state index in [1.165, 1.54) is 0 Å². The number of aliphatic carboxylic acids is 3. The number of aliphatic hydroxyl groups is 2. The molecule has 0 rings (SSSR count). The number of hydrogen-bond donors (Lipinski definition) is 2. The molecule has 0 radical (unpaired) electrons. The van der Waals surface area contributed by atoms with Crippen molar-refractivity contribution < 1.29 is 39.9 Å². The van der Waals surface area contributed by atoms with E-state index in [9.17, 15) is 19.8 Å². The average Bonchev–Trinajstić information content (AvgIpc) is 2.00. The summed E-state index contributed by atoms with van der Waals surface area (Å²) in [5.74, 6) is -5.20. The molecule has 8 nitrogen and oxygen atoms in total. The van der Waals surface area contributed by atoms with Crippen LogP contribution < -0.4 is 15.3 Å². The quantitative estimate of drug-likeness (QED) is 0.455. The van der Waals surface area contributed by atoms with Gasteiger partial charge in [0.05, 0.1) is 11.9 Å². The molecule has 0 aromatic carbocycles. The van der Waals surface area contributed by atoms with Crippen LogP contribution in [0.4, 0.5) is 0 Å². The molecule has 2 atom stereocenters. The minimum Gasteiger partial charge on any atom is -0.550 e. The first-order valence-electron chi connectivity index (χ1n) is 3.15. The van der Waals surface area contributed by atoms with Crippen LogP contribution in [0.3, 0.4) is 0 Å². The topological polar surface area (TPSA) is 161 Å². The van der Waals surface area contributed by atoms with E-state index in [1.807, 2.05) is 0 Å². The summed E-state index contributed by atoms with van der Waals surface area (Å²) in [5, 5.41) is 44.6. The third-order valence-electron chi connectivity index (χ3n) is 0.782. The van der Waals surface area contributed by atoms with Crippen LogP contribution in [-0.2, 0) is 14.4 Å². The van der Waals surface area contributed by atoms with Crippen LogP contribution in [0, 0.1) is 0 Å². The van der Waals surface area contributed by atoms with Gasteiger partial charge in [0, 0.05) is 5.97 Å². The average molecular weight is 234 g/mol. The summed E-state index contributed by atoms with van der Waals surface area (Å²) in [7, 11) is 0. The molecule has 0 saturated carbocycles. The number of aliphatic hydroxyl groups excluding tert-OH is 2.